The van der Waals surface area contributed by atoms with E-state index in [1.165, 1.54) is 7.11 Å². The maximum absolute atomic E-state index is 12.8. The van der Waals surface area contributed by atoms with Gasteiger partial charge in [0.2, 0.25) is 5.96 Å². The zero-order valence-electron chi connectivity index (χ0n) is 15.2. The van der Waals surface area contributed by atoms with E-state index in [4.69, 9.17) is 14.9 Å². The number of rotatable bonds is 7. The molecule has 0 aliphatic rings. The number of benzene rings is 1. The third-order valence-electron chi connectivity index (χ3n) is 3.37. The minimum atomic E-state index is -4.66. The fourth-order valence-corrected chi connectivity index (χ4v) is 2.79. The summed E-state index contributed by atoms with van der Waals surface area (Å²) in [6.07, 6.45) is -4.28. The van der Waals surface area contributed by atoms with Crippen molar-refractivity contribution in [2.24, 2.45) is 4.99 Å². The highest BCUT2D eigenvalue weighted by Crippen LogP contribution is 2.31. The molecule has 1 aromatic carbocycles. The number of thiazole rings is 1. The second kappa shape index (κ2) is 9.73. The Labute approximate surface area is 171 Å². The van der Waals surface area contributed by atoms with Gasteiger partial charge in [-0.15, -0.1) is 11.3 Å². The van der Waals surface area contributed by atoms with Gasteiger partial charge < -0.3 is 25.6 Å². The number of hydrogen-bond acceptors (Lipinski definition) is 6. The van der Waals surface area contributed by atoms with Crippen LogP contribution in [0.1, 0.15) is 11.3 Å². The molecule has 0 aliphatic carbocycles. The van der Waals surface area contributed by atoms with Crippen molar-refractivity contribution in [1.29, 1.82) is 0 Å². The number of hydrogen-bond donors (Lipinski definition) is 4. The molecule has 0 spiro atoms. The molecule has 0 saturated carbocycles. The van der Waals surface area contributed by atoms with E-state index in [-0.39, 0.29) is 17.6 Å². The van der Waals surface area contributed by atoms with Crippen molar-refractivity contribution in [3.8, 4) is 5.75 Å². The van der Waals surface area contributed by atoms with E-state index >= 15 is 0 Å². The zero-order valence-corrected chi connectivity index (χ0v) is 16.0. The van der Waals surface area contributed by atoms with Crippen LogP contribution in [-0.4, -0.2) is 40.2 Å². The smallest absolute Gasteiger partial charge is 0.434 e. The Bertz CT molecular complexity index is 988. The SMILES string of the molecule is COc1ccccc1CN=C(N/C(=C\C(=O)O)C(=O)O)Nc1nc(C(F)(F)F)cs1. The van der Waals surface area contributed by atoms with E-state index in [0.717, 1.165) is 5.38 Å². The van der Waals surface area contributed by atoms with Gasteiger partial charge in [-0.1, -0.05) is 18.2 Å². The summed E-state index contributed by atoms with van der Waals surface area (Å²) in [4.78, 5) is 29.6. The molecular formula is C17H15F3N4O5S. The molecule has 2 aromatic rings. The third kappa shape index (κ3) is 6.48. The lowest BCUT2D eigenvalue weighted by atomic mass is 10.2. The van der Waals surface area contributed by atoms with Gasteiger partial charge >= 0.3 is 18.1 Å². The molecule has 1 aromatic heterocycles. The Morgan fingerprint density at radius 3 is 2.57 bits per heavy atom. The Kier molecular flexibility index (Phi) is 7.36. The van der Waals surface area contributed by atoms with Crippen molar-refractivity contribution >= 4 is 34.4 Å². The van der Waals surface area contributed by atoms with E-state index in [1.54, 1.807) is 24.3 Å². The molecule has 4 N–H and O–H groups in total. The first-order chi connectivity index (χ1) is 14.1. The van der Waals surface area contributed by atoms with Crippen molar-refractivity contribution in [1.82, 2.24) is 10.3 Å². The fraction of sp³-hybridized carbons (Fsp3) is 0.176. The Morgan fingerprint density at radius 2 is 2.00 bits per heavy atom. The van der Waals surface area contributed by atoms with E-state index < -0.39 is 29.5 Å². The van der Waals surface area contributed by atoms with Crippen LogP contribution in [0.2, 0.25) is 0 Å². The van der Waals surface area contributed by atoms with Gasteiger partial charge in [0.05, 0.1) is 19.7 Å². The van der Waals surface area contributed by atoms with Crippen LogP contribution in [0.25, 0.3) is 0 Å². The van der Waals surface area contributed by atoms with Gasteiger partial charge in [-0.3, -0.25) is 0 Å². The number of nitrogens with one attached hydrogen (secondary N) is 2. The van der Waals surface area contributed by atoms with Crippen molar-refractivity contribution in [2.45, 2.75) is 12.7 Å². The number of aliphatic imine (C=N–C) groups is 1. The number of para-hydroxylation sites is 1. The van der Waals surface area contributed by atoms with Gasteiger partial charge in [0.15, 0.2) is 10.8 Å². The van der Waals surface area contributed by atoms with Crippen molar-refractivity contribution in [3.63, 3.8) is 0 Å². The second-order valence-electron chi connectivity index (χ2n) is 5.46. The van der Waals surface area contributed by atoms with Crippen LogP contribution in [0.5, 0.6) is 5.75 Å². The molecule has 1 heterocycles. The van der Waals surface area contributed by atoms with E-state index in [9.17, 15) is 22.8 Å². The van der Waals surface area contributed by atoms with Crippen molar-refractivity contribution in [2.75, 3.05) is 12.4 Å². The molecule has 0 aliphatic heterocycles. The number of halogens is 3. The predicted molar refractivity (Wildman–Crippen MR) is 101 cm³/mol. The van der Waals surface area contributed by atoms with Crippen LogP contribution in [-0.2, 0) is 22.3 Å². The minimum absolute atomic E-state index is 0.0587. The molecule has 0 amide bonds. The number of ether oxygens (including phenoxy) is 1. The Balaban J connectivity index is 2.34. The van der Waals surface area contributed by atoms with Crippen LogP contribution in [0.3, 0.4) is 0 Å². The number of carboxylic acids is 2. The lowest BCUT2D eigenvalue weighted by molar-refractivity contribution is -0.140. The molecule has 0 radical (unpaired) electrons. The first-order valence-corrected chi connectivity index (χ1v) is 8.89. The number of aliphatic carboxylic acids is 2. The summed E-state index contributed by atoms with van der Waals surface area (Å²) in [7, 11) is 1.44. The maximum atomic E-state index is 12.8. The number of aromatic nitrogens is 1. The molecule has 0 saturated heterocycles. The monoisotopic (exact) mass is 444 g/mol. The molecule has 160 valence electrons. The van der Waals surface area contributed by atoms with Gasteiger partial charge in [0.1, 0.15) is 11.4 Å². The fourth-order valence-electron chi connectivity index (χ4n) is 2.07. The molecule has 30 heavy (non-hydrogen) atoms. The summed E-state index contributed by atoms with van der Waals surface area (Å²) >= 11 is 0.612. The molecule has 0 fully saturated rings. The molecule has 2 rings (SSSR count). The van der Waals surface area contributed by atoms with E-state index in [1.807, 2.05) is 0 Å². The number of carbonyl (C=O) groups is 2. The first-order valence-electron chi connectivity index (χ1n) is 8.01. The van der Waals surface area contributed by atoms with Crippen LogP contribution in [0, 0.1) is 0 Å². The standard InChI is InChI=1S/C17H15F3N4O5S/c1-29-11-5-3-2-4-9(11)7-21-15(22-10(14(27)28)6-13(25)26)24-16-23-12(8-30-16)17(18,19)20/h2-6,8H,7H2,1H3,(H,25,26)(H,27,28)(H2,21,22,23,24)/b10-6-. The lowest BCUT2D eigenvalue weighted by Crippen LogP contribution is -2.34. The quantitative estimate of drug-likeness (QED) is 0.291. The normalized spacial score (nSPS) is 12.4. The average molecular weight is 444 g/mol. The van der Waals surface area contributed by atoms with Crippen LogP contribution < -0.4 is 15.4 Å². The highest BCUT2D eigenvalue weighted by atomic mass is 32.1. The van der Waals surface area contributed by atoms with Gasteiger partial charge in [-0.05, 0) is 6.07 Å². The molecule has 0 unspecified atom stereocenters. The van der Waals surface area contributed by atoms with Crippen molar-refractivity contribution < 1.29 is 37.7 Å². The average Bonchev–Trinajstić information content (AvgIpc) is 3.14. The predicted octanol–water partition coefficient (Wildman–Crippen LogP) is 2.78. The first kappa shape index (κ1) is 22.7. The molecular weight excluding hydrogens is 429 g/mol. The summed E-state index contributed by atoms with van der Waals surface area (Å²) in [6.45, 7) is -0.0587. The molecule has 0 atom stereocenters. The number of methoxy groups -OCH3 is 1. The maximum Gasteiger partial charge on any atom is 0.434 e. The third-order valence-corrected chi connectivity index (χ3v) is 4.13. The summed E-state index contributed by atoms with van der Waals surface area (Å²) in [6, 6.07) is 6.76. The second-order valence-corrected chi connectivity index (χ2v) is 6.32. The lowest BCUT2D eigenvalue weighted by Gasteiger charge is -2.12. The van der Waals surface area contributed by atoms with Crippen LogP contribution in [0.15, 0.2) is 46.4 Å². The highest BCUT2D eigenvalue weighted by molar-refractivity contribution is 7.13. The van der Waals surface area contributed by atoms with Crippen molar-refractivity contribution in [3.05, 3.63) is 52.7 Å². The zero-order chi connectivity index (χ0) is 22.3. The van der Waals surface area contributed by atoms with Crippen LogP contribution >= 0.6 is 11.3 Å². The van der Waals surface area contributed by atoms with Gasteiger partial charge in [-0.25, -0.2) is 19.6 Å². The number of guanidine groups is 1. The summed E-state index contributed by atoms with van der Waals surface area (Å²) in [5, 5.41) is 23.2. The summed E-state index contributed by atoms with van der Waals surface area (Å²) in [5.74, 6) is -3.00. The summed E-state index contributed by atoms with van der Waals surface area (Å²) in [5.41, 5.74) is -1.31. The van der Waals surface area contributed by atoms with Gasteiger partial charge in [-0.2, -0.15) is 13.2 Å². The Hall–Kier alpha value is -3.61. The molecule has 13 heteroatoms. The topological polar surface area (TPSA) is 133 Å². The van der Waals surface area contributed by atoms with E-state index in [0.29, 0.717) is 28.7 Å². The van der Waals surface area contributed by atoms with Crippen LogP contribution in [0.4, 0.5) is 18.3 Å². The van der Waals surface area contributed by atoms with E-state index in [2.05, 4.69) is 20.6 Å². The Morgan fingerprint density at radius 1 is 1.30 bits per heavy atom. The largest absolute Gasteiger partial charge is 0.496 e. The number of alkyl halides is 3. The molecule has 9 nitrogen and oxygen atoms in total. The highest BCUT2D eigenvalue weighted by Gasteiger charge is 2.33. The number of nitrogens with zero attached hydrogens (tertiary/aromatic N) is 2. The minimum Gasteiger partial charge on any atom is -0.496 e. The molecule has 0 bridgehead atoms. The van der Waals surface area contributed by atoms with Gasteiger partial charge in [0, 0.05) is 10.9 Å². The van der Waals surface area contributed by atoms with Gasteiger partial charge in [0.25, 0.3) is 0 Å². The number of anilines is 1. The summed E-state index contributed by atoms with van der Waals surface area (Å²) < 4.78 is 43.4. The number of carboxylic acid groups (broad SMARTS) is 2.